The molecule has 0 aliphatic carbocycles. The Hall–Kier alpha value is -2.12. The van der Waals surface area contributed by atoms with Crippen molar-refractivity contribution in [3.63, 3.8) is 0 Å². The monoisotopic (exact) mass is 274 g/mol. The predicted molar refractivity (Wildman–Crippen MR) is 59.7 cm³/mol. The summed E-state index contributed by atoms with van der Waals surface area (Å²) < 4.78 is 52.2. The van der Waals surface area contributed by atoms with Gasteiger partial charge in [-0.3, -0.25) is 0 Å². The van der Waals surface area contributed by atoms with Gasteiger partial charge in [0.05, 0.1) is 17.8 Å². The molecule has 0 aliphatic rings. The molecule has 2 rings (SSSR count). The van der Waals surface area contributed by atoms with Crippen molar-refractivity contribution in [1.82, 2.24) is 14.8 Å². The van der Waals surface area contributed by atoms with Crippen LogP contribution in [0.1, 0.15) is 11.4 Å². The van der Waals surface area contributed by atoms with Crippen LogP contribution in [-0.2, 0) is 19.8 Å². The lowest BCUT2D eigenvalue weighted by Crippen LogP contribution is -2.09. The van der Waals surface area contributed by atoms with Gasteiger partial charge in [-0.1, -0.05) is 0 Å². The van der Waals surface area contributed by atoms with Gasteiger partial charge in [-0.25, -0.2) is 4.39 Å². The Morgan fingerprint density at radius 3 is 2.58 bits per heavy atom. The van der Waals surface area contributed by atoms with Gasteiger partial charge in [-0.05, 0) is 18.2 Å². The third kappa shape index (κ3) is 3.01. The van der Waals surface area contributed by atoms with Crippen LogP contribution in [0.15, 0.2) is 24.5 Å². The topological polar surface area (TPSA) is 42.7 Å². The van der Waals surface area contributed by atoms with Crippen LogP contribution in [0.5, 0.6) is 0 Å². The summed E-state index contributed by atoms with van der Waals surface area (Å²) in [6.45, 7) is 0.165. The number of aryl methyl sites for hydroxylation is 1. The number of anilines is 1. The van der Waals surface area contributed by atoms with Crippen LogP contribution >= 0.6 is 0 Å². The molecule has 102 valence electrons. The van der Waals surface area contributed by atoms with E-state index in [-0.39, 0.29) is 12.2 Å². The summed E-state index contributed by atoms with van der Waals surface area (Å²) in [5.41, 5.74) is -1.04. The lowest BCUT2D eigenvalue weighted by Gasteiger charge is -2.10. The van der Waals surface area contributed by atoms with Gasteiger partial charge in [0.25, 0.3) is 0 Å². The van der Waals surface area contributed by atoms with Gasteiger partial charge in [0.1, 0.15) is 12.1 Å². The molecule has 0 radical (unpaired) electrons. The van der Waals surface area contributed by atoms with Gasteiger partial charge in [-0.2, -0.15) is 13.2 Å². The first-order valence-corrected chi connectivity index (χ1v) is 5.31. The Balaban J connectivity index is 2.12. The smallest absolute Gasteiger partial charge is 0.375 e. The highest BCUT2D eigenvalue weighted by Gasteiger charge is 2.31. The minimum atomic E-state index is -4.55. The third-order valence-electron chi connectivity index (χ3n) is 2.54. The zero-order valence-corrected chi connectivity index (χ0v) is 9.87. The van der Waals surface area contributed by atoms with Gasteiger partial charge in [0, 0.05) is 7.05 Å². The van der Waals surface area contributed by atoms with E-state index in [1.807, 2.05) is 0 Å². The number of hydrogen-bond acceptors (Lipinski definition) is 3. The molecule has 0 fully saturated rings. The zero-order chi connectivity index (χ0) is 14.0. The van der Waals surface area contributed by atoms with Crippen molar-refractivity contribution in [1.29, 1.82) is 0 Å². The number of halogens is 4. The predicted octanol–water partition coefficient (Wildman–Crippen LogP) is 2.59. The second-order valence-electron chi connectivity index (χ2n) is 3.90. The molecule has 1 aromatic heterocycles. The van der Waals surface area contributed by atoms with E-state index < -0.39 is 17.6 Å². The molecule has 0 aliphatic heterocycles. The lowest BCUT2D eigenvalue weighted by atomic mass is 10.2. The first-order valence-electron chi connectivity index (χ1n) is 5.31. The summed E-state index contributed by atoms with van der Waals surface area (Å²) in [6, 6.07) is 2.33. The van der Waals surface area contributed by atoms with Crippen molar-refractivity contribution >= 4 is 5.69 Å². The normalized spacial score (nSPS) is 11.6. The summed E-state index contributed by atoms with van der Waals surface area (Å²) in [6.07, 6.45) is -3.08. The summed E-state index contributed by atoms with van der Waals surface area (Å²) in [5.74, 6) is -0.420. The summed E-state index contributed by atoms with van der Waals surface area (Å²) in [4.78, 5) is 0. The molecule has 2 aromatic rings. The van der Waals surface area contributed by atoms with E-state index in [1.165, 1.54) is 6.33 Å². The Bertz CT molecular complexity index is 576. The molecule has 0 atom stereocenters. The highest BCUT2D eigenvalue weighted by atomic mass is 19.4. The number of rotatable bonds is 3. The molecule has 1 N–H and O–H groups in total. The number of nitrogens with one attached hydrogen (secondary N) is 1. The fourth-order valence-corrected chi connectivity index (χ4v) is 1.48. The van der Waals surface area contributed by atoms with Crippen molar-refractivity contribution in [2.24, 2.45) is 7.05 Å². The number of aromatic nitrogens is 3. The molecule has 0 bridgehead atoms. The van der Waals surface area contributed by atoms with E-state index in [0.717, 1.165) is 12.1 Å². The molecule has 4 nitrogen and oxygen atoms in total. The largest absolute Gasteiger partial charge is 0.416 e. The van der Waals surface area contributed by atoms with Gasteiger partial charge in [0.15, 0.2) is 5.82 Å². The number of benzene rings is 1. The first kappa shape index (κ1) is 13.3. The van der Waals surface area contributed by atoms with Crippen molar-refractivity contribution in [3.05, 3.63) is 41.7 Å². The summed E-state index contributed by atoms with van der Waals surface area (Å²) in [7, 11) is 1.71. The minimum Gasteiger partial charge on any atom is -0.375 e. The quantitative estimate of drug-likeness (QED) is 0.875. The fourth-order valence-electron chi connectivity index (χ4n) is 1.48. The van der Waals surface area contributed by atoms with Crippen LogP contribution in [0.25, 0.3) is 0 Å². The van der Waals surface area contributed by atoms with Crippen LogP contribution in [0.4, 0.5) is 23.2 Å². The molecule has 8 heteroatoms. The lowest BCUT2D eigenvalue weighted by molar-refractivity contribution is -0.137. The van der Waals surface area contributed by atoms with E-state index in [1.54, 1.807) is 11.6 Å². The second kappa shape index (κ2) is 4.87. The van der Waals surface area contributed by atoms with Gasteiger partial charge in [-0.15, -0.1) is 10.2 Å². The Labute approximate surface area is 106 Å². The number of alkyl halides is 3. The maximum Gasteiger partial charge on any atom is 0.416 e. The maximum absolute atomic E-state index is 13.5. The maximum atomic E-state index is 13.5. The standard InChI is InChI=1S/C11H10F4N4/c1-19-6-17-18-10(19)5-16-9-3-2-7(4-8(9)12)11(13,14)15/h2-4,6,16H,5H2,1H3. The van der Waals surface area contributed by atoms with Gasteiger partial charge < -0.3 is 9.88 Å². The van der Waals surface area contributed by atoms with E-state index in [0.29, 0.717) is 11.9 Å². The molecular weight excluding hydrogens is 264 g/mol. The first-order chi connectivity index (χ1) is 8.88. The fraction of sp³-hybridized carbons (Fsp3) is 0.273. The van der Waals surface area contributed by atoms with Crippen molar-refractivity contribution < 1.29 is 17.6 Å². The van der Waals surface area contributed by atoms with E-state index in [4.69, 9.17) is 0 Å². The molecule has 0 saturated heterocycles. The molecule has 19 heavy (non-hydrogen) atoms. The third-order valence-corrected chi connectivity index (χ3v) is 2.54. The minimum absolute atomic E-state index is 0.0176. The van der Waals surface area contributed by atoms with Gasteiger partial charge >= 0.3 is 6.18 Å². The van der Waals surface area contributed by atoms with E-state index in [9.17, 15) is 17.6 Å². The number of hydrogen-bond donors (Lipinski definition) is 1. The molecule has 1 aromatic carbocycles. The average Bonchev–Trinajstić information content (AvgIpc) is 2.72. The molecule has 0 unspecified atom stereocenters. The number of nitrogens with zero attached hydrogens (tertiary/aromatic N) is 3. The highest BCUT2D eigenvalue weighted by Crippen LogP contribution is 2.31. The molecular formula is C11H10F4N4. The van der Waals surface area contributed by atoms with Crippen LogP contribution in [0.2, 0.25) is 0 Å². The Kier molecular flexibility index (Phi) is 3.41. The SMILES string of the molecule is Cn1cnnc1CNc1ccc(C(F)(F)F)cc1F. The van der Waals surface area contributed by atoms with Crippen molar-refractivity contribution in [2.45, 2.75) is 12.7 Å². The van der Waals surface area contributed by atoms with Crippen LogP contribution in [0, 0.1) is 5.82 Å². The zero-order valence-electron chi connectivity index (χ0n) is 9.87. The van der Waals surface area contributed by atoms with Crippen molar-refractivity contribution in [2.75, 3.05) is 5.32 Å². The average molecular weight is 274 g/mol. The Morgan fingerprint density at radius 2 is 2.05 bits per heavy atom. The Morgan fingerprint density at radius 1 is 1.32 bits per heavy atom. The molecule has 0 amide bonds. The van der Waals surface area contributed by atoms with E-state index >= 15 is 0 Å². The second-order valence-corrected chi connectivity index (χ2v) is 3.90. The summed E-state index contributed by atoms with van der Waals surface area (Å²) in [5, 5.41) is 10.1. The molecule has 0 saturated carbocycles. The van der Waals surface area contributed by atoms with Gasteiger partial charge in [0.2, 0.25) is 0 Å². The van der Waals surface area contributed by atoms with Crippen LogP contribution in [0.3, 0.4) is 0 Å². The molecule has 0 spiro atoms. The van der Waals surface area contributed by atoms with Crippen molar-refractivity contribution in [3.8, 4) is 0 Å². The summed E-state index contributed by atoms with van der Waals surface area (Å²) >= 11 is 0. The van der Waals surface area contributed by atoms with E-state index in [2.05, 4.69) is 15.5 Å². The van der Waals surface area contributed by atoms with Crippen LogP contribution < -0.4 is 5.32 Å². The van der Waals surface area contributed by atoms with Crippen LogP contribution in [-0.4, -0.2) is 14.8 Å². The highest BCUT2D eigenvalue weighted by molar-refractivity contribution is 5.46. The molecule has 1 heterocycles.